The highest BCUT2D eigenvalue weighted by Crippen LogP contribution is 2.14. The zero-order valence-corrected chi connectivity index (χ0v) is 8.10. The van der Waals surface area contributed by atoms with Gasteiger partial charge in [-0.25, -0.2) is 9.97 Å². The number of hydrogen-bond acceptors (Lipinski definition) is 4. The molecule has 0 spiro atoms. The highest BCUT2D eigenvalue weighted by Gasteiger charge is 2.14. The van der Waals surface area contributed by atoms with Gasteiger partial charge in [-0.2, -0.15) is 0 Å². The first-order valence-corrected chi connectivity index (χ1v) is 4.32. The van der Waals surface area contributed by atoms with Crippen LogP contribution in [-0.4, -0.2) is 27.7 Å². The maximum Gasteiger partial charge on any atom is 0.316 e. The van der Waals surface area contributed by atoms with E-state index in [1.54, 1.807) is 6.92 Å². The van der Waals surface area contributed by atoms with Gasteiger partial charge in [-0.1, -0.05) is 0 Å². The minimum atomic E-state index is -0.891. The Bertz CT molecular complexity index is 310. The third-order valence-corrected chi connectivity index (χ3v) is 1.79. The number of nitrogens with zero attached hydrogens (tertiary/aromatic N) is 2. The van der Waals surface area contributed by atoms with Crippen molar-refractivity contribution in [2.75, 3.05) is 6.61 Å². The first-order valence-electron chi connectivity index (χ1n) is 4.32. The number of carbonyl (C=O) groups is 1. The summed E-state index contributed by atoms with van der Waals surface area (Å²) < 4.78 is 5.03. The molecule has 0 aliphatic heterocycles. The number of carboxylic acids is 1. The molecule has 5 nitrogen and oxygen atoms in total. The maximum absolute atomic E-state index is 10.6. The van der Waals surface area contributed by atoms with Gasteiger partial charge in [0, 0.05) is 18.0 Å². The Labute approximate surface area is 81.8 Å². The van der Waals surface area contributed by atoms with Crippen molar-refractivity contribution in [1.29, 1.82) is 0 Å². The second-order valence-corrected chi connectivity index (χ2v) is 2.79. The highest BCUT2D eigenvalue weighted by molar-refractivity contribution is 5.75. The summed E-state index contributed by atoms with van der Waals surface area (Å²) in [5, 5.41) is 8.72. The third kappa shape index (κ3) is 2.42. The van der Waals surface area contributed by atoms with E-state index in [-0.39, 0.29) is 6.01 Å². The number of hydrogen-bond donors (Lipinski definition) is 1. The molecule has 0 bridgehead atoms. The lowest BCUT2D eigenvalue weighted by atomic mass is 10.1. The lowest BCUT2D eigenvalue weighted by molar-refractivity contribution is -0.138. The summed E-state index contributed by atoms with van der Waals surface area (Å²) in [7, 11) is 0. The van der Waals surface area contributed by atoms with E-state index < -0.39 is 11.9 Å². The standard InChI is InChI=1S/C9H12N2O3/c1-3-14-9-10-4-7(5-11-9)6(2)8(12)13/h4-6H,3H2,1-2H3,(H,12,13). The van der Waals surface area contributed by atoms with Crippen LogP contribution in [0.25, 0.3) is 0 Å². The lowest BCUT2D eigenvalue weighted by Crippen LogP contribution is -2.08. The Balaban J connectivity index is 2.77. The highest BCUT2D eigenvalue weighted by atomic mass is 16.5. The molecule has 0 radical (unpaired) electrons. The second kappa shape index (κ2) is 4.55. The second-order valence-electron chi connectivity index (χ2n) is 2.79. The molecule has 76 valence electrons. The average molecular weight is 196 g/mol. The zero-order valence-electron chi connectivity index (χ0n) is 8.10. The summed E-state index contributed by atoms with van der Waals surface area (Å²) in [5.41, 5.74) is 0.570. The number of aliphatic carboxylic acids is 1. The van der Waals surface area contributed by atoms with Gasteiger partial charge in [0.05, 0.1) is 12.5 Å². The smallest absolute Gasteiger partial charge is 0.316 e. The van der Waals surface area contributed by atoms with Gasteiger partial charge in [-0.15, -0.1) is 0 Å². The van der Waals surface area contributed by atoms with Crippen LogP contribution in [0.2, 0.25) is 0 Å². The maximum atomic E-state index is 10.6. The molecule has 1 aromatic rings. The van der Waals surface area contributed by atoms with Crippen molar-refractivity contribution in [1.82, 2.24) is 9.97 Å². The van der Waals surface area contributed by atoms with Gasteiger partial charge < -0.3 is 9.84 Å². The Morgan fingerprint density at radius 2 is 2.14 bits per heavy atom. The molecule has 0 aliphatic carbocycles. The van der Waals surface area contributed by atoms with E-state index in [0.717, 1.165) is 0 Å². The fourth-order valence-corrected chi connectivity index (χ4v) is 0.896. The molecule has 1 rings (SSSR count). The summed E-state index contributed by atoms with van der Waals surface area (Å²) in [6, 6.07) is 0.272. The lowest BCUT2D eigenvalue weighted by Gasteiger charge is -2.05. The summed E-state index contributed by atoms with van der Waals surface area (Å²) >= 11 is 0. The van der Waals surface area contributed by atoms with Gasteiger partial charge in [-0.05, 0) is 13.8 Å². The van der Waals surface area contributed by atoms with Crippen molar-refractivity contribution in [3.8, 4) is 6.01 Å². The van der Waals surface area contributed by atoms with Gasteiger partial charge >= 0.3 is 12.0 Å². The molecule has 1 atom stereocenters. The van der Waals surface area contributed by atoms with Gasteiger partial charge in [0.1, 0.15) is 0 Å². The Morgan fingerprint density at radius 3 is 2.57 bits per heavy atom. The molecular weight excluding hydrogens is 184 g/mol. The van der Waals surface area contributed by atoms with Crippen LogP contribution in [0.3, 0.4) is 0 Å². The molecule has 0 saturated heterocycles. The van der Waals surface area contributed by atoms with E-state index in [0.29, 0.717) is 12.2 Å². The fourth-order valence-electron chi connectivity index (χ4n) is 0.896. The summed E-state index contributed by atoms with van der Waals surface area (Å²) in [5.74, 6) is -1.48. The van der Waals surface area contributed by atoms with Crippen molar-refractivity contribution in [3.05, 3.63) is 18.0 Å². The Hall–Kier alpha value is -1.65. The van der Waals surface area contributed by atoms with E-state index in [2.05, 4.69) is 9.97 Å². The molecule has 5 heteroatoms. The summed E-state index contributed by atoms with van der Waals surface area (Å²) in [6.07, 6.45) is 2.94. The third-order valence-electron chi connectivity index (χ3n) is 1.79. The number of rotatable bonds is 4. The van der Waals surface area contributed by atoms with E-state index >= 15 is 0 Å². The van der Waals surface area contributed by atoms with Crippen molar-refractivity contribution < 1.29 is 14.6 Å². The SMILES string of the molecule is CCOc1ncc(C(C)C(=O)O)cn1. The molecular formula is C9H12N2O3. The molecule has 14 heavy (non-hydrogen) atoms. The van der Waals surface area contributed by atoms with Crippen LogP contribution in [0.5, 0.6) is 6.01 Å². The van der Waals surface area contributed by atoms with Gasteiger partial charge in [0.2, 0.25) is 0 Å². The normalized spacial score (nSPS) is 12.1. The first-order chi connectivity index (χ1) is 6.65. The van der Waals surface area contributed by atoms with Gasteiger partial charge in [0.15, 0.2) is 0 Å². The van der Waals surface area contributed by atoms with Crippen LogP contribution >= 0.6 is 0 Å². The van der Waals surface area contributed by atoms with Crippen LogP contribution < -0.4 is 4.74 Å². The van der Waals surface area contributed by atoms with Crippen molar-refractivity contribution in [2.24, 2.45) is 0 Å². The zero-order chi connectivity index (χ0) is 10.6. The molecule has 1 unspecified atom stereocenters. The first kappa shape index (κ1) is 10.4. The van der Waals surface area contributed by atoms with Crippen LogP contribution in [-0.2, 0) is 4.79 Å². The van der Waals surface area contributed by atoms with Gasteiger partial charge in [0.25, 0.3) is 0 Å². The predicted octanol–water partition coefficient (Wildman–Crippen LogP) is 1.06. The molecule has 0 aromatic carbocycles. The summed E-state index contributed by atoms with van der Waals surface area (Å²) in [4.78, 5) is 18.4. The fraction of sp³-hybridized carbons (Fsp3) is 0.444. The Kier molecular flexibility index (Phi) is 3.39. The number of ether oxygens (including phenoxy) is 1. The van der Waals surface area contributed by atoms with Gasteiger partial charge in [-0.3, -0.25) is 4.79 Å². The number of aromatic nitrogens is 2. The monoisotopic (exact) mass is 196 g/mol. The molecule has 0 saturated carbocycles. The van der Waals surface area contributed by atoms with Crippen LogP contribution in [0.4, 0.5) is 0 Å². The van der Waals surface area contributed by atoms with Crippen LogP contribution in [0.15, 0.2) is 12.4 Å². The minimum Gasteiger partial charge on any atom is -0.481 e. The molecule has 1 aromatic heterocycles. The number of carboxylic acid groups (broad SMARTS) is 1. The quantitative estimate of drug-likeness (QED) is 0.779. The van der Waals surface area contributed by atoms with E-state index in [9.17, 15) is 4.79 Å². The van der Waals surface area contributed by atoms with E-state index in [1.807, 2.05) is 6.92 Å². The summed E-state index contributed by atoms with van der Waals surface area (Å²) in [6.45, 7) is 3.91. The molecule has 0 fully saturated rings. The molecule has 1 heterocycles. The van der Waals surface area contributed by atoms with E-state index in [1.165, 1.54) is 12.4 Å². The molecule has 1 N–H and O–H groups in total. The average Bonchev–Trinajstić information content (AvgIpc) is 2.18. The van der Waals surface area contributed by atoms with Crippen molar-refractivity contribution in [3.63, 3.8) is 0 Å². The topological polar surface area (TPSA) is 72.3 Å². The predicted molar refractivity (Wildman–Crippen MR) is 49.3 cm³/mol. The van der Waals surface area contributed by atoms with Crippen LogP contribution in [0, 0.1) is 0 Å². The van der Waals surface area contributed by atoms with E-state index in [4.69, 9.17) is 9.84 Å². The minimum absolute atomic E-state index is 0.272. The van der Waals surface area contributed by atoms with Crippen molar-refractivity contribution >= 4 is 5.97 Å². The Morgan fingerprint density at radius 1 is 1.57 bits per heavy atom. The molecule has 0 amide bonds. The molecule has 0 aliphatic rings. The largest absolute Gasteiger partial charge is 0.481 e. The van der Waals surface area contributed by atoms with Crippen LogP contribution in [0.1, 0.15) is 25.3 Å². The van der Waals surface area contributed by atoms with Crippen molar-refractivity contribution in [2.45, 2.75) is 19.8 Å².